The summed E-state index contributed by atoms with van der Waals surface area (Å²) in [4.78, 5) is 33.2. The van der Waals surface area contributed by atoms with E-state index in [1.165, 1.54) is 0 Å². The van der Waals surface area contributed by atoms with Gasteiger partial charge in [0.05, 0.1) is 49.7 Å². The first-order valence-electron chi connectivity index (χ1n) is 31.9. The second kappa shape index (κ2) is 20.7. The maximum atomic E-state index is 7.14. The molecule has 0 saturated carbocycles. The van der Waals surface area contributed by atoms with Gasteiger partial charge in [0.1, 0.15) is 11.2 Å². The fourth-order valence-corrected chi connectivity index (χ4v) is 14.9. The molecule has 20 rings (SSSR count). The molecule has 0 amide bonds. The molecule has 13 aromatic carbocycles. The van der Waals surface area contributed by atoms with Crippen molar-refractivity contribution in [1.82, 2.24) is 48.2 Å². The van der Waals surface area contributed by atoms with Crippen LogP contribution in [0.3, 0.4) is 0 Å². The summed E-state index contributed by atoms with van der Waals surface area (Å²) in [6.07, 6.45) is 0. The molecule has 0 aliphatic rings. The Hall–Kier alpha value is -13.1. The lowest BCUT2D eigenvalue weighted by atomic mass is 9.91. The summed E-state index contributed by atoms with van der Waals surface area (Å²) in [6.45, 7) is 0. The highest BCUT2D eigenvalue weighted by atomic mass is 16.3. The Balaban J connectivity index is 0.794. The van der Waals surface area contributed by atoms with Crippen LogP contribution in [0.2, 0.25) is 0 Å². The van der Waals surface area contributed by atoms with Crippen LogP contribution in [0.25, 0.3) is 189 Å². The molecular weight excluding hydrogens is 1160 g/mol. The molecule has 20 aromatic rings. The maximum absolute atomic E-state index is 7.14. The molecule has 0 spiro atoms. The average molecular weight is 1220 g/mol. The zero-order valence-corrected chi connectivity index (χ0v) is 50.7. The zero-order chi connectivity index (χ0) is 62.2. The number of hydrogen-bond acceptors (Lipinski definition) is 7. The van der Waals surface area contributed by atoms with E-state index in [4.69, 9.17) is 34.3 Å². The van der Waals surface area contributed by atoms with Crippen molar-refractivity contribution in [2.75, 3.05) is 0 Å². The van der Waals surface area contributed by atoms with E-state index in [1.54, 1.807) is 0 Å². The quantitative estimate of drug-likeness (QED) is 0.142. The van der Waals surface area contributed by atoms with Gasteiger partial charge in [-0.15, -0.1) is 0 Å². The largest absolute Gasteiger partial charge is 0.455 e. The SMILES string of the molecule is c1ccc(-c2cccc(-c3ccccc3)c2-c2nc(-n3c4ccccc4c4ccccc43)nc(-n3c4ccccc4c4cc(-c5cccc6oc7c(-c8nc(-n9c%10ccccc%10c%10ccccc%109)nc(-n9c%10ccccc%10c%10ccccc%109)n8)cccc7c56)ccc43)n2)cc1. The van der Waals surface area contributed by atoms with Crippen molar-refractivity contribution in [2.45, 2.75) is 0 Å². The molecule has 0 aliphatic carbocycles. The van der Waals surface area contributed by atoms with Crippen molar-refractivity contribution in [3.8, 4) is 79.9 Å². The Labute approximate surface area is 542 Å². The van der Waals surface area contributed by atoms with Gasteiger partial charge in [0.2, 0.25) is 23.8 Å². The summed E-state index contributed by atoms with van der Waals surface area (Å²) >= 11 is 0. The van der Waals surface area contributed by atoms with Crippen molar-refractivity contribution < 1.29 is 4.42 Å². The van der Waals surface area contributed by atoms with E-state index in [0.717, 1.165) is 148 Å². The third-order valence-corrected chi connectivity index (χ3v) is 19.0. The zero-order valence-electron chi connectivity index (χ0n) is 50.7. The topological polar surface area (TPSA) is 110 Å². The van der Waals surface area contributed by atoms with Gasteiger partial charge in [-0.2, -0.15) is 29.9 Å². The molecule has 0 saturated heterocycles. The van der Waals surface area contributed by atoms with Crippen LogP contribution < -0.4 is 0 Å². The lowest BCUT2D eigenvalue weighted by Crippen LogP contribution is -2.11. The summed E-state index contributed by atoms with van der Waals surface area (Å²) in [5.74, 6) is 3.02. The van der Waals surface area contributed by atoms with Gasteiger partial charge in [-0.05, 0) is 100 Å². The average Bonchev–Trinajstić information content (AvgIpc) is 1.63. The van der Waals surface area contributed by atoms with Crippen molar-refractivity contribution in [3.63, 3.8) is 0 Å². The number of fused-ring (bicyclic) bond motifs is 15. The van der Waals surface area contributed by atoms with Crippen molar-refractivity contribution in [3.05, 3.63) is 303 Å². The molecule has 0 bridgehead atoms. The van der Waals surface area contributed by atoms with Crippen LogP contribution in [0.1, 0.15) is 0 Å². The number of rotatable bonds is 9. The van der Waals surface area contributed by atoms with E-state index in [2.05, 4.69) is 322 Å². The summed E-state index contributed by atoms with van der Waals surface area (Å²) in [5.41, 5.74) is 17.1. The van der Waals surface area contributed by atoms with E-state index in [1.807, 2.05) is 0 Å². The fraction of sp³-hybridized carbons (Fsp3) is 0. The predicted molar refractivity (Wildman–Crippen MR) is 385 cm³/mol. The number of hydrogen-bond donors (Lipinski definition) is 0. The van der Waals surface area contributed by atoms with Crippen LogP contribution in [0.15, 0.2) is 308 Å². The molecule has 0 atom stereocenters. The van der Waals surface area contributed by atoms with Gasteiger partial charge in [-0.3, -0.25) is 18.3 Å². The first-order chi connectivity index (χ1) is 47.1. The van der Waals surface area contributed by atoms with Crippen LogP contribution in [-0.4, -0.2) is 48.2 Å². The highest BCUT2D eigenvalue weighted by Crippen LogP contribution is 2.45. The molecule has 0 radical (unpaired) electrons. The third kappa shape index (κ3) is 8.00. The normalized spacial score (nSPS) is 12.0. The standard InChI is InChI=1S/C84H50N10O/c1-3-24-51(25-4-1)54-35-21-36-55(52-26-5-2-6-27-52)77(54)80-87-83(93-71-44-18-11-32-61(71)62-33-12-19-45-72(62)93)90-84(88-80)94-73-46-20-13-34-63(73)66-50-53(48-49-74(66)94)56-37-23-47-75-76(56)64-38-22-39-65(78(64)95-75)79-85-81(91-67-40-14-7-28-57(67)58-29-8-15-41-68(58)91)89-82(86-79)92-69-42-16-9-30-59(69)60-31-10-17-43-70(60)92/h1-50H. The van der Waals surface area contributed by atoms with E-state index in [-0.39, 0.29) is 0 Å². The molecule has 442 valence electrons. The first-order valence-corrected chi connectivity index (χ1v) is 31.9. The van der Waals surface area contributed by atoms with Crippen molar-refractivity contribution >= 4 is 109 Å². The summed E-state index contributed by atoms with van der Waals surface area (Å²) in [6, 6.07) is 106. The molecule has 7 aromatic heterocycles. The second-order valence-electron chi connectivity index (χ2n) is 24.1. The monoisotopic (exact) mass is 1210 g/mol. The first kappa shape index (κ1) is 52.6. The second-order valence-corrected chi connectivity index (χ2v) is 24.1. The molecule has 7 heterocycles. The van der Waals surface area contributed by atoms with Crippen LogP contribution >= 0.6 is 0 Å². The fourth-order valence-electron chi connectivity index (χ4n) is 14.9. The van der Waals surface area contributed by atoms with Gasteiger partial charge >= 0.3 is 0 Å². The van der Waals surface area contributed by atoms with Gasteiger partial charge in [-0.1, -0.05) is 237 Å². The van der Waals surface area contributed by atoms with Crippen molar-refractivity contribution in [2.24, 2.45) is 0 Å². The molecule has 95 heavy (non-hydrogen) atoms. The Morgan fingerprint density at radius 1 is 0.221 bits per heavy atom. The molecule has 11 nitrogen and oxygen atoms in total. The number of benzene rings is 13. The molecule has 11 heteroatoms. The highest BCUT2D eigenvalue weighted by molar-refractivity contribution is 6.18. The molecular formula is C84H50N10O. The van der Waals surface area contributed by atoms with E-state index in [9.17, 15) is 0 Å². The third-order valence-electron chi connectivity index (χ3n) is 19.0. The van der Waals surface area contributed by atoms with Crippen LogP contribution in [0, 0.1) is 0 Å². The lowest BCUT2D eigenvalue weighted by molar-refractivity contribution is 0.669. The minimum atomic E-state index is 0.483. The Morgan fingerprint density at radius 2 is 0.547 bits per heavy atom. The van der Waals surface area contributed by atoms with Gasteiger partial charge in [0.15, 0.2) is 11.6 Å². The minimum absolute atomic E-state index is 0.483. The molecule has 0 N–H and O–H groups in total. The van der Waals surface area contributed by atoms with Gasteiger partial charge < -0.3 is 4.42 Å². The summed E-state index contributed by atoms with van der Waals surface area (Å²) in [7, 11) is 0. The minimum Gasteiger partial charge on any atom is -0.455 e. The number of nitrogens with zero attached hydrogens (tertiary/aromatic N) is 10. The summed E-state index contributed by atoms with van der Waals surface area (Å²) < 4.78 is 15.9. The van der Waals surface area contributed by atoms with Gasteiger partial charge in [-0.25, -0.2) is 0 Å². The molecule has 0 unspecified atom stereocenters. The Bertz CT molecular complexity index is 6200. The predicted octanol–water partition coefficient (Wildman–Crippen LogP) is 20.7. The smallest absolute Gasteiger partial charge is 0.240 e. The number of aromatic nitrogens is 10. The van der Waals surface area contributed by atoms with Gasteiger partial charge in [0.25, 0.3) is 0 Å². The van der Waals surface area contributed by atoms with E-state index < -0.39 is 0 Å². The summed E-state index contributed by atoms with van der Waals surface area (Å²) in [5, 5.41) is 10.7. The van der Waals surface area contributed by atoms with E-state index in [0.29, 0.717) is 41.0 Å². The highest BCUT2D eigenvalue weighted by Gasteiger charge is 2.27. The maximum Gasteiger partial charge on any atom is 0.240 e. The van der Waals surface area contributed by atoms with Crippen LogP contribution in [-0.2, 0) is 0 Å². The van der Waals surface area contributed by atoms with Gasteiger partial charge in [0, 0.05) is 59.4 Å². The molecule has 0 fully saturated rings. The number of furan rings is 1. The number of para-hydroxylation sites is 8. The van der Waals surface area contributed by atoms with Crippen molar-refractivity contribution in [1.29, 1.82) is 0 Å². The lowest BCUT2D eigenvalue weighted by Gasteiger charge is -2.17. The van der Waals surface area contributed by atoms with Crippen LogP contribution in [0.4, 0.5) is 0 Å². The van der Waals surface area contributed by atoms with Crippen LogP contribution in [0.5, 0.6) is 0 Å². The Morgan fingerprint density at radius 3 is 0.979 bits per heavy atom. The molecule has 0 aliphatic heterocycles. The van der Waals surface area contributed by atoms with E-state index >= 15 is 0 Å². The Kier molecular flexibility index (Phi) is 11.5.